The van der Waals surface area contributed by atoms with Gasteiger partial charge in [0.15, 0.2) is 12.1 Å². The van der Waals surface area contributed by atoms with Crippen LogP contribution in [-0.4, -0.2) is 58.4 Å². The maximum Gasteiger partial charge on any atom is 0.338 e. The number of rotatable bonds is 3. The number of methoxy groups -OCH3 is 1. The minimum absolute atomic E-state index is 0.383. The molecule has 3 aliphatic rings. The quantitative estimate of drug-likeness (QED) is 0.772. The number of ether oxygens (including phenoxy) is 5. The number of nitrogens with zero attached hydrogens (tertiary/aromatic N) is 1. The fraction of sp³-hybridized carbons (Fsp3) is 0.611. The van der Waals surface area contributed by atoms with Crippen LogP contribution in [0.2, 0.25) is 0 Å². The van der Waals surface area contributed by atoms with Gasteiger partial charge in [-0.05, 0) is 18.2 Å². The largest absolute Gasteiger partial charge is 0.465 e. The summed E-state index contributed by atoms with van der Waals surface area (Å²) in [6.45, 7) is 4.07. The van der Waals surface area contributed by atoms with E-state index in [9.17, 15) is 4.79 Å². The maximum atomic E-state index is 12.1. The van der Waals surface area contributed by atoms with Gasteiger partial charge in [-0.2, -0.15) is 0 Å². The second-order valence-corrected chi connectivity index (χ2v) is 6.43. The van der Waals surface area contributed by atoms with E-state index in [1.54, 1.807) is 6.07 Å². The van der Waals surface area contributed by atoms with Crippen LogP contribution < -0.4 is 4.90 Å². The number of esters is 1. The van der Waals surface area contributed by atoms with E-state index in [-0.39, 0.29) is 5.97 Å². The fourth-order valence-electron chi connectivity index (χ4n) is 3.67. The first-order valence-electron chi connectivity index (χ1n) is 8.69. The van der Waals surface area contributed by atoms with Crippen LogP contribution >= 0.6 is 0 Å². The molecule has 7 heteroatoms. The van der Waals surface area contributed by atoms with Gasteiger partial charge in [-0.15, -0.1) is 0 Å². The molecule has 0 radical (unpaired) electrons. The zero-order valence-corrected chi connectivity index (χ0v) is 14.4. The second kappa shape index (κ2) is 6.92. The molecule has 3 saturated heterocycles. The molecule has 4 rings (SSSR count). The van der Waals surface area contributed by atoms with Gasteiger partial charge in [0.1, 0.15) is 0 Å². The molecule has 3 aliphatic heterocycles. The fourth-order valence-corrected chi connectivity index (χ4v) is 3.67. The molecular weight excluding hydrogens is 326 g/mol. The van der Waals surface area contributed by atoms with E-state index in [1.807, 2.05) is 12.1 Å². The lowest BCUT2D eigenvalue weighted by Gasteiger charge is -2.39. The van der Waals surface area contributed by atoms with Gasteiger partial charge in [0.25, 0.3) is 0 Å². The highest BCUT2D eigenvalue weighted by atomic mass is 16.7. The highest BCUT2D eigenvalue weighted by molar-refractivity contribution is 5.91. The van der Waals surface area contributed by atoms with Crippen LogP contribution in [0.15, 0.2) is 18.2 Å². The molecule has 0 aliphatic carbocycles. The van der Waals surface area contributed by atoms with E-state index in [2.05, 4.69) is 4.90 Å². The molecule has 1 spiro atoms. The highest BCUT2D eigenvalue weighted by Crippen LogP contribution is 2.35. The molecule has 3 heterocycles. The lowest BCUT2D eigenvalue weighted by Crippen LogP contribution is -2.45. The number of anilines is 1. The highest BCUT2D eigenvalue weighted by Gasteiger charge is 2.40. The predicted octanol–water partition coefficient (Wildman–Crippen LogP) is 1.86. The first kappa shape index (κ1) is 16.8. The molecule has 0 N–H and O–H groups in total. The van der Waals surface area contributed by atoms with Crippen molar-refractivity contribution in [2.24, 2.45) is 0 Å². The Hall–Kier alpha value is -1.67. The first-order valence-corrected chi connectivity index (χ1v) is 8.69. The standard InChI is InChI=1S/C18H23NO6/c1-21-16(20)14-3-2-13(12-15(14)17-22-8-9-23-17)19-6-4-18(5-7-19)24-10-11-25-18/h2-3,12,17H,4-11H2,1H3. The minimum atomic E-state index is -0.522. The average Bonchev–Trinajstić information content (AvgIpc) is 3.34. The van der Waals surface area contributed by atoms with E-state index in [4.69, 9.17) is 23.7 Å². The Labute approximate surface area is 146 Å². The first-order chi connectivity index (χ1) is 12.2. The Morgan fingerprint density at radius 2 is 1.80 bits per heavy atom. The summed E-state index contributed by atoms with van der Waals surface area (Å²) >= 11 is 0. The summed E-state index contributed by atoms with van der Waals surface area (Å²) in [6, 6.07) is 5.70. The van der Waals surface area contributed by atoms with Crippen molar-refractivity contribution in [1.29, 1.82) is 0 Å². The third-order valence-corrected chi connectivity index (χ3v) is 5.02. The van der Waals surface area contributed by atoms with Gasteiger partial charge in [-0.25, -0.2) is 4.79 Å². The van der Waals surface area contributed by atoms with Crippen LogP contribution in [-0.2, 0) is 23.7 Å². The Morgan fingerprint density at radius 3 is 2.44 bits per heavy atom. The van der Waals surface area contributed by atoms with Crippen molar-refractivity contribution >= 4 is 11.7 Å². The van der Waals surface area contributed by atoms with Gasteiger partial charge in [-0.1, -0.05) is 0 Å². The second-order valence-electron chi connectivity index (χ2n) is 6.43. The van der Waals surface area contributed by atoms with Crippen LogP contribution in [0.25, 0.3) is 0 Å². The van der Waals surface area contributed by atoms with Gasteiger partial charge in [-0.3, -0.25) is 0 Å². The van der Waals surface area contributed by atoms with E-state index >= 15 is 0 Å². The zero-order valence-electron chi connectivity index (χ0n) is 14.4. The Morgan fingerprint density at radius 1 is 1.12 bits per heavy atom. The Kier molecular flexibility index (Phi) is 4.64. The van der Waals surface area contributed by atoms with Crippen molar-refractivity contribution < 1.29 is 28.5 Å². The van der Waals surface area contributed by atoms with Crippen molar-refractivity contribution in [2.75, 3.05) is 51.5 Å². The predicted molar refractivity (Wildman–Crippen MR) is 88.5 cm³/mol. The summed E-state index contributed by atoms with van der Waals surface area (Å²) in [4.78, 5) is 14.3. The summed E-state index contributed by atoms with van der Waals surface area (Å²) < 4.78 is 27.7. The zero-order chi connectivity index (χ0) is 17.3. The molecule has 1 aromatic rings. The van der Waals surface area contributed by atoms with E-state index < -0.39 is 12.1 Å². The molecule has 0 unspecified atom stereocenters. The minimum Gasteiger partial charge on any atom is -0.465 e. The van der Waals surface area contributed by atoms with Crippen molar-refractivity contribution in [3.8, 4) is 0 Å². The average molecular weight is 349 g/mol. The number of carbonyl (C=O) groups is 1. The smallest absolute Gasteiger partial charge is 0.338 e. The molecule has 0 bridgehead atoms. The number of hydrogen-bond acceptors (Lipinski definition) is 7. The molecule has 0 atom stereocenters. The molecule has 0 amide bonds. The number of hydrogen-bond donors (Lipinski definition) is 0. The van der Waals surface area contributed by atoms with Crippen LogP contribution in [0, 0.1) is 0 Å². The molecule has 1 aromatic carbocycles. The van der Waals surface area contributed by atoms with Gasteiger partial charge in [0, 0.05) is 37.2 Å². The van der Waals surface area contributed by atoms with Gasteiger partial charge >= 0.3 is 5.97 Å². The normalized spacial score (nSPS) is 23.3. The summed E-state index contributed by atoms with van der Waals surface area (Å²) in [6.07, 6.45) is 1.14. The molecule has 0 aromatic heterocycles. The third-order valence-electron chi connectivity index (χ3n) is 5.02. The Bertz CT molecular complexity index is 626. The monoisotopic (exact) mass is 349 g/mol. The molecule has 25 heavy (non-hydrogen) atoms. The van der Waals surface area contributed by atoms with Crippen LogP contribution in [0.5, 0.6) is 0 Å². The lowest BCUT2D eigenvalue weighted by atomic mass is 10.0. The van der Waals surface area contributed by atoms with Crippen LogP contribution in [0.1, 0.15) is 35.1 Å². The van der Waals surface area contributed by atoms with Crippen molar-refractivity contribution in [3.63, 3.8) is 0 Å². The molecule has 3 fully saturated rings. The summed E-state index contributed by atoms with van der Waals surface area (Å²) in [7, 11) is 1.38. The SMILES string of the molecule is COC(=O)c1ccc(N2CCC3(CC2)OCCO3)cc1C1OCCO1. The lowest BCUT2D eigenvalue weighted by molar-refractivity contribution is -0.169. The number of benzene rings is 1. The molecule has 0 saturated carbocycles. The van der Waals surface area contributed by atoms with E-state index in [0.717, 1.165) is 37.2 Å². The van der Waals surface area contributed by atoms with Crippen LogP contribution in [0.4, 0.5) is 5.69 Å². The van der Waals surface area contributed by atoms with E-state index in [0.29, 0.717) is 32.0 Å². The molecular formula is C18H23NO6. The van der Waals surface area contributed by atoms with Crippen molar-refractivity contribution in [3.05, 3.63) is 29.3 Å². The van der Waals surface area contributed by atoms with Gasteiger partial charge < -0.3 is 28.6 Å². The summed E-state index contributed by atoms with van der Waals surface area (Å²) in [5, 5.41) is 0. The summed E-state index contributed by atoms with van der Waals surface area (Å²) in [5.41, 5.74) is 2.24. The van der Waals surface area contributed by atoms with E-state index in [1.165, 1.54) is 7.11 Å². The Balaban J connectivity index is 1.56. The topological polar surface area (TPSA) is 66.5 Å². The third kappa shape index (κ3) is 3.25. The number of piperidine rings is 1. The van der Waals surface area contributed by atoms with Gasteiger partial charge in [0.2, 0.25) is 0 Å². The van der Waals surface area contributed by atoms with Crippen LogP contribution in [0.3, 0.4) is 0 Å². The van der Waals surface area contributed by atoms with Crippen molar-refractivity contribution in [2.45, 2.75) is 24.9 Å². The van der Waals surface area contributed by atoms with Gasteiger partial charge in [0.05, 0.1) is 39.1 Å². The number of carbonyl (C=O) groups excluding carboxylic acids is 1. The maximum absolute atomic E-state index is 12.1. The molecule has 136 valence electrons. The molecule has 7 nitrogen and oxygen atoms in total. The summed E-state index contributed by atoms with van der Waals surface area (Å²) in [5.74, 6) is -0.783. The van der Waals surface area contributed by atoms with Crippen molar-refractivity contribution in [1.82, 2.24) is 0 Å².